The first-order valence-corrected chi connectivity index (χ1v) is 9.54. The summed E-state index contributed by atoms with van der Waals surface area (Å²) in [7, 11) is 0. The van der Waals surface area contributed by atoms with Crippen LogP contribution >= 0.6 is 11.3 Å². The molecule has 8 heteroatoms. The molecule has 132 valence electrons. The average Bonchev–Trinajstić information content (AvgIpc) is 3.36. The van der Waals surface area contributed by atoms with Gasteiger partial charge in [0.1, 0.15) is 44.2 Å². The van der Waals surface area contributed by atoms with E-state index in [4.69, 9.17) is 8.94 Å². The van der Waals surface area contributed by atoms with Crippen molar-refractivity contribution >= 4 is 11.3 Å². The molecule has 0 spiro atoms. The maximum atomic E-state index is 5.91. The third-order valence-corrected chi connectivity index (χ3v) is 5.72. The largest absolute Gasteiger partial charge is 0.414 e. The number of thiophene rings is 1. The fourth-order valence-corrected chi connectivity index (χ4v) is 4.02. The van der Waals surface area contributed by atoms with E-state index >= 15 is 0 Å². The molecule has 0 unspecified atom stereocenters. The van der Waals surface area contributed by atoms with Gasteiger partial charge in [-0.3, -0.25) is 0 Å². The number of aryl methyl sites for hydroxylation is 1. The highest BCUT2D eigenvalue weighted by Gasteiger charge is 2.31. The van der Waals surface area contributed by atoms with Gasteiger partial charge in [0.25, 0.3) is 11.8 Å². The molecular formula is C17H23N5O2S+2. The van der Waals surface area contributed by atoms with Gasteiger partial charge in [0.05, 0.1) is 4.88 Å². The molecule has 0 aromatic carbocycles. The third kappa shape index (κ3) is 3.65. The Kier molecular flexibility index (Phi) is 4.65. The van der Waals surface area contributed by atoms with Crippen molar-refractivity contribution in [2.75, 3.05) is 26.2 Å². The Morgan fingerprint density at radius 1 is 1.24 bits per heavy atom. The number of aromatic nitrogens is 3. The lowest BCUT2D eigenvalue weighted by Crippen LogP contribution is -3.27. The van der Waals surface area contributed by atoms with Crippen LogP contribution in [0.4, 0.5) is 0 Å². The van der Waals surface area contributed by atoms with E-state index in [1.165, 1.54) is 4.90 Å². The second-order valence-electron chi connectivity index (χ2n) is 6.66. The van der Waals surface area contributed by atoms with Crippen LogP contribution in [0.1, 0.15) is 30.3 Å². The van der Waals surface area contributed by atoms with Crippen molar-refractivity contribution in [3.05, 3.63) is 40.9 Å². The summed E-state index contributed by atoms with van der Waals surface area (Å²) in [6.07, 6.45) is 0. The van der Waals surface area contributed by atoms with Gasteiger partial charge in [0, 0.05) is 6.07 Å². The molecule has 2 N–H and O–H groups in total. The summed E-state index contributed by atoms with van der Waals surface area (Å²) in [6.45, 7) is 9.43. The molecule has 0 bridgehead atoms. The Morgan fingerprint density at radius 2 is 2.08 bits per heavy atom. The molecular weight excluding hydrogens is 338 g/mol. The van der Waals surface area contributed by atoms with Crippen molar-refractivity contribution in [1.29, 1.82) is 0 Å². The predicted octanol–water partition coefficient (Wildman–Crippen LogP) is 0.139. The highest BCUT2D eigenvalue weighted by Crippen LogP contribution is 2.24. The van der Waals surface area contributed by atoms with Crippen molar-refractivity contribution in [1.82, 2.24) is 15.4 Å². The molecule has 1 saturated heterocycles. The van der Waals surface area contributed by atoms with Gasteiger partial charge in [0.15, 0.2) is 6.04 Å². The number of rotatable bonds is 5. The maximum Gasteiger partial charge on any atom is 0.274 e. The fraction of sp³-hybridized carbons (Fsp3) is 0.471. The number of quaternary nitrogens is 2. The first-order valence-electron chi connectivity index (χ1n) is 8.66. The van der Waals surface area contributed by atoms with Crippen molar-refractivity contribution in [2.24, 2.45) is 0 Å². The fourth-order valence-electron chi connectivity index (χ4n) is 3.38. The van der Waals surface area contributed by atoms with Crippen LogP contribution in [-0.2, 0) is 6.54 Å². The molecule has 1 fully saturated rings. The van der Waals surface area contributed by atoms with E-state index in [1.54, 1.807) is 16.2 Å². The van der Waals surface area contributed by atoms with Crippen molar-refractivity contribution in [3.8, 4) is 10.8 Å². The summed E-state index contributed by atoms with van der Waals surface area (Å²) in [5.41, 5.74) is 1.04. The monoisotopic (exact) mass is 361 g/mol. The normalized spacial score (nSPS) is 22.2. The minimum Gasteiger partial charge on any atom is -0.414 e. The lowest BCUT2D eigenvalue weighted by molar-refractivity contribution is -1.03. The summed E-state index contributed by atoms with van der Waals surface area (Å²) in [4.78, 5) is 4.08. The van der Waals surface area contributed by atoms with Crippen LogP contribution in [0, 0.1) is 6.92 Å². The Labute approximate surface area is 150 Å². The van der Waals surface area contributed by atoms with E-state index in [9.17, 15) is 0 Å². The first kappa shape index (κ1) is 16.4. The molecule has 0 saturated carbocycles. The third-order valence-electron chi connectivity index (χ3n) is 4.86. The molecule has 1 atom stereocenters. The Morgan fingerprint density at radius 3 is 2.76 bits per heavy atom. The van der Waals surface area contributed by atoms with Gasteiger partial charge in [-0.05, 0) is 25.3 Å². The highest BCUT2D eigenvalue weighted by molar-refractivity contribution is 7.13. The van der Waals surface area contributed by atoms with Gasteiger partial charge in [-0.1, -0.05) is 11.2 Å². The Balaban J connectivity index is 1.34. The van der Waals surface area contributed by atoms with Gasteiger partial charge in [-0.25, -0.2) is 0 Å². The van der Waals surface area contributed by atoms with Crippen LogP contribution in [0.5, 0.6) is 0 Å². The minimum atomic E-state index is 0.219. The van der Waals surface area contributed by atoms with Crippen LogP contribution in [-0.4, -0.2) is 41.5 Å². The van der Waals surface area contributed by atoms with Crippen LogP contribution in [0.3, 0.4) is 0 Å². The molecule has 1 aliphatic heterocycles. The zero-order valence-electron chi connectivity index (χ0n) is 14.5. The molecule has 25 heavy (non-hydrogen) atoms. The minimum absolute atomic E-state index is 0.219. The van der Waals surface area contributed by atoms with Gasteiger partial charge in [-0.2, -0.15) is 0 Å². The molecule has 1 aliphatic rings. The SMILES string of the molecule is Cc1cc(C[NH+]2CC[NH+]([C@@H](C)c3nnc(-c4cccs4)o3)CC2)no1. The molecule has 3 aromatic rings. The predicted molar refractivity (Wildman–Crippen MR) is 92.4 cm³/mol. The second kappa shape index (κ2) is 7.07. The summed E-state index contributed by atoms with van der Waals surface area (Å²) in [5.74, 6) is 2.24. The van der Waals surface area contributed by atoms with Crippen LogP contribution < -0.4 is 9.80 Å². The first-order chi connectivity index (χ1) is 12.2. The van der Waals surface area contributed by atoms with Crippen molar-refractivity contribution in [2.45, 2.75) is 26.4 Å². The Hall–Kier alpha value is -2.03. The number of hydrogen-bond donors (Lipinski definition) is 2. The summed E-state index contributed by atoms with van der Waals surface area (Å²) in [6, 6.07) is 6.25. The van der Waals surface area contributed by atoms with Gasteiger partial charge in [-0.15, -0.1) is 21.5 Å². The molecule has 0 radical (unpaired) electrons. The van der Waals surface area contributed by atoms with Crippen molar-refractivity contribution in [3.63, 3.8) is 0 Å². The lowest BCUT2D eigenvalue weighted by atomic mass is 10.2. The smallest absolute Gasteiger partial charge is 0.274 e. The lowest BCUT2D eigenvalue weighted by Gasteiger charge is -2.31. The van der Waals surface area contributed by atoms with Gasteiger partial charge in [0.2, 0.25) is 0 Å². The summed E-state index contributed by atoms with van der Waals surface area (Å²) < 4.78 is 11.1. The number of piperazine rings is 1. The molecule has 4 rings (SSSR count). The van der Waals surface area contributed by atoms with Crippen molar-refractivity contribution < 1.29 is 18.7 Å². The van der Waals surface area contributed by atoms with E-state index in [1.807, 2.05) is 30.5 Å². The van der Waals surface area contributed by atoms with E-state index in [-0.39, 0.29) is 6.04 Å². The van der Waals surface area contributed by atoms with Crippen LogP contribution in [0.25, 0.3) is 10.8 Å². The van der Waals surface area contributed by atoms with Crippen LogP contribution in [0.15, 0.2) is 32.5 Å². The molecule has 7 nitrogen and oxygen atoms in total. The van der Waals surface area contributed by atoms with Crippen LogP contribution in [0.2, 0.25) is 0 Å². The Bertz CT molecular complexity index is 805. The van der Waals surface area contributed by atoms with E-state index in [0.717, 1.165) is 54.9 Å². The number of nitrogens with one attached hydrogen (secondary N) is 2. The van der Waals surface area contributed by atoms with Gasteiger partial charge < -0.3 is 18.7 Å². The van der Waals surface area contributed by atoms with E-state index in [2.05, 4.69) is 22.3 Å². The average molecular weight is 361 g/mol. The molecule has 4 heterocycles. The maximum absolute atomic E-state index is 5.91. The summed E-state index contributed by atoms with van der Waals surface area (Å²) >= 11 is 1.62. The number of nitrogens with zero attached hydrogens (tertiary/aromatic N) is 3. The standard InChI is InChI=1S/C17H21N5O2S/c1-12-10-14(20-24-12)11-21-5-7-22(8-6-21)13(2)16-18-19-17(23-16)15-4-3-9-25-15/h3-4,9-10,13H,5-8,11H2,1-2H3/p+2/t13-/m0/s1. The summed E-state index contributed by atoms with van der Waals surface area (Å²) in [5, 5.41) is 14.6. The number of hydrogen-bond acceptors (Lipinski definition) is 6. The quantitative estimate of drug-likeness (QED) is 0.676. The van der Waals surface area contributed by atoms with E-state index < -0.39 is 0 Å². The zero-order chi connectivity index (χ0) is 17.2. The zero-order valence-corrected chi connectivity index (χ0v) is 15.3. The molecule has 3 aromatic heterocycles. The topological polar surface area (TPSA) is 73.8 Å². The molecule has 0 amide bonds. The second-order valence-corrected chi connectivity index (χ2v) is 7.61. The van der Waals surface area contributed by atoms with Gasteiger partial charge >= 0.3 is 0 Å². The molecule has 0 aliphatic carbocycles. The van der Waals surface area contributed by atoms with E-state index in [0.29, 0.717) is 5.89 Å². The highest BCUT2D eigenvalue weighted by atomic mass is 32.1.